The summed E-state index contributed by atoms with van der Waals surface area (Å²) in [6.45, 7) is 4.40. The highest BCUT2D eigenvalue weighted by atomic mass is 35.5. The van der Waals surface area contributed by atoms with E-state index in [0.29, 0.717) is 5.02 Å². The number of hydrogen-bond acceptors (Lipinski definition) is 4. The van der Waals surface area contributed by atoms with E-state index in [1.165, 1.54) is 0 Å². The Labute approximate surface area is 153 Å². The molecule has 25 heavy (non-hydrogen) atoms. The number of rotatable bonds is 5. The Kier molecular flexibility index (Phi) is 6.29. The summed E-state index contributed by atoms with van der Waals surface area (Å²) >= 11 is 6.10. The minimum atomic E-state index is -0.110. The summed E-state index contributed by atoms with van der Waals surface area (Å²) in [6, 6.07) is 7.86. The van der Waals surface area contributed by atoms with Gasteiger partial charge >= 0.3 is 0 Å². The van der Waals surface area contributed by atoms with Crippen molar-refractivity contribution >= 4 is 23.4 Å². The van der Waals surface area contributed by atoms with Crippen molar-refractivity contribution in [3.8, 4) is 0 Å². The molecule has 0 radical (unpaired) electrons. The number of nitrogens with zero attached hydrogens (tertiary/aromatic N) is 2. The molecule has 0 bridgehead atoms. The lowest BCUT2D eigenvalue weighted by molar-refractivity contribution is -0.132. The monoisotopic (exact) mass is 364 g/mol. The van der Waals surface area contributed by atoms with Gasteiger partial charge in [-0.3, -0.25) is 14.5 Å². The second-order valence-electron chi connectivity index (χ2n) is 6.61. The highest BCUT2D eigenvalue weighted by Gasteiger charge is 2.26. The van der Waals surface area contributed by atoms with E-state index in [1.807, 2.05) is 29.2 Å². The fourth-order valence-electron chi connectivity index (χ4n) is 3.47. The van der Waals surface area contributed by atoms with Crippen LogP contribution >= 0.6 is 11.6 Å². The SMILES string of the molecule is O=C(CN1CCNCC1c1cccc(Cl)c1)NCC(=O)N1CCCC1. The van der Waals surface area contributed by atoms with Crippen LogP contribution in [0.4, 0.5) is 0 Å². The molecular formula is C18H25ClN4O2. The molecule has 1 aromatic carbocycles. The van der Waals surface area contributed by atoms with Gasteiger partial charge in [0.2, 0.25) is 11.8 Å². The van der Waals surface area contributed by atoms with E-state index in [9.17, 15) is 9.59 Å². The van der Waals surface area contributed by atoms with Crippen LogP contribution in [0.3, 0.4) is 0 Å². The van der Waals surface area contributed by atoms with E-state index in [4.69, 9.17) is 11.6 Å². The number of likely N-dealkylation sites (tertiary alicyclic amines) is 1. The molecule has 6 nitrogen and oxygen atoms in total. The number of hydrogen-bond donors (Lipinski definition) is 2. The first-order chi connectivity index (χ1) is 12.1. The number of nitrogens with one attached hydrogen (secondary N) is 2. The molecule has 2 fully saturated rings. The Morgan fingerprint density at radius 3 is 2.80 bits per heavy atom. The Hall–Kier alpha value is -1.63. The Bertz CT molecular complexity index is 619. The predicted octanol–water partition coefficient (Wildman–Crippen LogP) is 1.02. The molecule has 136 valence electrons. The van der Waals surface area contributed by atoms with Crippen LogP contribution in [0.5, 0.6) is 0 Å². The van der Waals surface area contributed by atoms with Gasteiger partial charge in [0, 0.05) is 43.8 Å². The summed E-state index contributed by atoms with van der Waals surface area (Å²) in [5, 5.41) is 6.84. The third-order valence-electron chi connectivity index (χ3n) is 4.83. The van der Waals surface area contributed by atoms with Crippen molar-refractivity contribution in [2.24, 2.45) is 0 Å². The molecule has 0 aliphatic carbocycles. The average molecular weight is 365 g/mol. The van der Waals surface area contributed by atoms with Crippen LogP contribution in [-0.4, -0.2) is 67.4 Å². The van der Waals surface area contributed by atoms with Gasteiger partial charge in [0.15, 0.2) is 0 Å². The van der Waals surface area contributed by atoms with Crippen molar-refractivity contribution in [2.75, 3.05) is 45.8 Å². The quantitative estimate of drug-likeness (QED) is 0.819. The third kappa shape index (κ3) is 4.93. The highest BCUT2D eigenvalue weighted by molar-refractivity contribution is 6.30. The van der Waals surface area contributed by atoms with Crippen LogP contribution in [0, 0.1) is 0 Å². The molecule has 2 saturated heterocycles. The average Bonchev–Trinajstić information content (AvgIpc) is 3.15. The molecule has 1 aromatic rings. The molecule has 0 saturated carbocycles. The van der Waals surface area contributed by atoms with Gasteiger partial charge in [0.05, 0.1) is 13.1 Å². The van der Waals surface area contributed by atoms with Crippen LogP contribution in [-0.2, 0) is 9.59 Å². The van der Waals surface area contributed by atoms with Crippen LogP contribution in [0.2, 0.25) is 5.02 Å². The number of amides is 2. The normalized spacial score (nSPS) is 21.3. The highest BCUT2D eigenvalue weighted by Crippen LogP contribution is 2.24. The second-order valence-corrected chi connectivity index (χ2v) is 7.05. The molecule has 0 spiro atoms. The molecule has 2 aliphatic rings. The molecule has 2 amide bonds. The number of carbonyl (C=O) groups is 2. The first kappa shape index (κ1) is 18.2. The lowest BCUT2D eigenvalue weighted by Crippen LogP contribution is -2.50. The van der Waals surface area contributed by atoms with Gasteiger partial charge in [-0.2, -0.15) is 0 Å². The zero-order valence-electron chi connectivity index (χ0n) is 14.3. The van der Waals surface area contributed by atoms with Gasteiger partial charge < -0.3 is 15.5 Å². The summed E-state index contributed by atoms with van der Waals surface area (Å²) < 4.78 is 0. The van der Waals surface area contributed by atoms with Gasteiger partial charge in [-0.15, -0.1) is 0 Å². The summed E-state index contributed by atoms with van der Waals surface area (Å²) in [7, 11) is 0. The van der Waals surface area contributed by atoms with Gasteiger partial charge in [-0.25, -0.2) is 0 Å². The number of carbonyl (C=O) groups excluding carboxylic acids is 2. The zero-order valence-corrected chi connectivity index (χ0v) is 15.1. The van der Waals surface area contributed by atoms with E-state index in [0.717, 1.165) is 51.1 Å². The predicted molar refractivity (Wildman–Crippen MR) is 97.5 cm³/mol. The molecule has 7 heteroatoms. The summed E-state index contributed by atoms with van der Waals surface area (Å²) in [4.78, 5) is 28.3. The maximum absolute atomic E-state index is 12.3. The molecule has 1 atom stereocenters. The summed E-state index contributed by atoms with van der Waals surface area (Å²) in [5.41, 5.74) is 1.10. The van der Waals surface area contributed by atoms with Crippen LogP contribution < -0.4 is 10.6 Å². The first-order valence-corrected chi connectivity index (χ1v) is 9.26. The Balaban J connectivity index is 1.54. The smallest absolute Gasteiger partial charge is 0.241 e. The molecule has 2 aliphatic heterocycles. The molecular weight excluding hydrogens is 340 g/mol. The topological polar surface area (TPSA) is 64.7 Å². The fraction of sp³-hybridized carbons (Fsp3) is 0.556. The second kappa shape index (κ2) is 8.65. The maximum Gasteiger partial charge on any atom is 0.241 e. The van der Waals surface area contributed by atoms with E-state index in [1.54, 1.807) is 0 Å². The zero-order chi connectivity index (χ0) is 17.6. The van der Waals surface area contributed by atoms with Crippen molar-refractivity contribution in [1.29, 1.82) is 0 Å². The van der Waals surface area contributed by atoms with Crippen molar-refractivity contribution < 1.29 is 9.59 Å². The third-order valence-corrected chi connectivity index (χ3v) is 5.07. The van der Waals surface area contributed by atoms with Crippen LogP contribution in [0.25, 0.3) is 0 Å². The standard InChI is InChI=1S/C18H25ClN4O2/c19-15-5-3-4-14(10-15)16-11-20-6-9-23(16)13-17(24)21-12-18(25)22-7-1-2-8-22/h3-5,10,16,20H,1-2,6-9,11-13H2,(H,21,24). The van der Waals surface area contributed by atoms with Gasteiger partial charge in [0.1, 0.15) is 0 Å². The molecule has 3 rings (SSSR count). The van der Waals surface area contributed by atoms with Crippen LogP contribution in [0.15, 0.2) is 24.3 Å². The summed E-state index contributed by atoms with van der Waals surface area (Å²) in [6.07, 6.45) is 2.11. The first-order valence-electron chi connectivity index (χ1n) is 8.88. The number of piperazine rings is 1. The van der Waals surface area contributed by atoms with Gasteiger partial charge in [0.25, 0.3) is 0 Å². The Morgan fingerprint density at radius 1 is 1.24 bits per heavy atom. The molecule has 0 aromatic heterocycles. The molecule has 1 unspecified atom stereocenters. The Morgan fingerprint density at radius 2 is 2.04 bits per heavy atom. The van der Waals surface area contributed by atoms with E-state index in [-0.39, 0.29) is 30.9 Å². The fourth-order valence-corrected chi connectivity index (χ4v) is 3.67. The van der Waals surface area contributed by atoms with Gasteiger partial charge in [-0.05, 0) is 30.5 Å². The van der Waals surface area contributed by atoms with E-state index >= 15 is 0 Å². The van der Waals surface area contributed by atoms with E-state index in [2.05, 4.69) is 15.5 Å². The van der Waals surface area contributed by atoms with Crippen molar-refractivity contribution in [3.05, 3.63) is 34.9 Å². The largest absolute Gasteiger partial charge is 0.346 e. The van der Waals surface area contributed by atoms with E-state index < -0.39 is 0 Å². The number of halogens is 1. The number of benzene rings is 1. The lowest BCUT2D eigenvalue weighted by Gasteiger charge is -2.36. The van der Waals surface area contributed by atoms with Crippen LogP contribution in [0.1, 0.15) is 24.4 Å². The van der Waals surface area contributed by atoms with Crippen molar-refractivity contribution in [1.82, 2.24) is 20.4 Å². The molecule has 2 N–H and O–H groups in total. The summed E-state index contributed by atoms with van der Waals surface area (Å²) in [5.74, 6) is -0.0981. The minimum Gasteiger partial charge on any atom is -0.346 e. The maximum atomic E-state index is 12.3. The lowest BCUT2D eigenvalue weighted by atomic mass is 10.0. The minimum absolute atomic E-state index is 0.0116. The van der Waals surface area contributed by atoms with Gasteiger partial charge in [-0.1, -0.05) is 23.7 Å². The van der Waals surface area contributed by atoms with Crippen molar-refractivity contribution in [3.63, 3.8) is 0 Å². The van der Waals surface area contributed by atoms with Crippen molar-refractivity contribution in [2.45, 2.75) is 18.9 Å². The molecule has 2 heterocycles.